The minimum Gasteiger partial charge on any atom is -0.0563 e. The molecule has 3 saturated heterocycles. The second-order valence-electron chi connectivity index (χ2n) is 19.7. The number of pyridine rings is 1. The number of methoxy groups -OCH3 is 2. The first kappa shape index (κ1) is 47.3. The van der Waals surface area contributed by atoms with Crippen LogP contribution in [0.4, 0.5) is 4.79 Å². The van der Waals surface area contributed by atoms with Gasteiger partial charge in [0.2, 0.25) is 0 Å². The molecule has 2 unspecified atom stereocenters. The van der Waals surface area contributed by atoms with Crippen LogP contribution >= 0.6 is 11.3 Å². The number of thiazole rings is 1. The molecule has 6 bridgehead atoms. The van der Waals surface area contributed by atoms with Gasteiger partial charge in [-0.15, -0.1) is 0 Å². The fraction of sp³-hybridized carbons (Fsp3) is 0.583. The molecule has 9 rings (SSSR count). The summed E-state index contributed by atoms with van der Waals surface area (Å²) in [6.45, 7) is 10.5. The Morgan fingerprint density at radius 2 is 1.92 bits per heavy atom. The minimum absolute atomic E-state index is 0.00953. The third-order valence-corrected chi connectivity index (χ3v) is 18.4. The van der Waals surface area contributed by atoms with Crippen molar-refractivity contribution in [1.29, 1.82) is 0 Å². The van der Waals surface area contributed by atoms with E-state index >= 15 is 9.59 Å². The average molecular weight is 1050 g/mol. The quantitative estimate of drug-likeness (QED) is 0.0571. The number of likely N-dealkylation sites (tertiary alicyclic amines) is 1. The van der Waals surface area contributed by atoms with Crippen LogP contribution in [0.2, 0.25) is 0 Å². The molecule has 7 heterocycles. The van der Waals surface area contributed by atoms with Crippen molar-refractivity contribution in [1.82, 2.24) is 35.2 Å². The molecule has 1 saturated carbocycles. The van der Waals surface area contributed by atoms with Gasteiger partial charge in [-0.2, -0.15) is 0 Å². The van der Waals surface area contributed by atoms with Gasteiger partial charge in [0.25, 0.3) is 0 Å². The Bertz CT molecular complexity index is 2520. The van der Waals surface area contributed by atoms with E-state index in [0.29, 0.717) is 62.8 Å². The third-order valence-electron chi connectivity index (χ3n) is 14.2. The van der Waals surface area contributed by atoms with Crippen LogP contribution in [-0.4, -0.2) is 142 Å². The van der Waals surface area contributed by atoms with Crippen molar-refractivity contribution in [3.05, 3.63) is 58.2 Å². The molecular formula is C48H62IN8O7SSi. The number of hydrogen-bond donors (Lipinski definition) is 2. The van der Waals surface area contributed by atoms with Gasteiger partial charge in [0, 0.05) is 41.7 Å². The molecule has 2 N–H and O–H groups in total. The summed E-state index contributed by atoms with van der Waals surface area (Å²) in [5.74, 6) is -0.901. The number of esters is 1. The van der Waals surface area contributed by atoms with Crippen molar-refractivity contribution >= 4 is 56.3 Å². The van der Waals surface area contributed by atoms with E-state index in [4.69, 9.17) is 24.2 Å². The van der Waals surface area contributed by atoms with E-state index in [0.717, 1.165) is 61.9 Å². The van der Waals surface area contributed by atoms with Gasteiger partial charge in [-0.05, 0) is 44.0 Å². The van der Waals surface area contributed by atoms with E-state index in [2.05, 4.69) is 70.6 Å². The molecule has 5 aliphatic rings. The number of hydrazine groups is 1. The first-order valence-corrected chi connectivity index (χ1v) is 27.4. The number of hydrogen-bond acceptors (Lipinski definition) is 11. The van der Waals surface area contributed by atoms with Gasteiger partial charge in [0.1, 0.15) is 0 Å². The molecule has 6 atom stereocenters. The van der Waals surface area contributed by atoms with Gasteiger partial charge < -0.3 is 9.30 Å². The predicted molar refractivity (Wildman–Crippen MR) is 248 cm³/mol. The normalized spacial score (nSPS) is 25.5. The van der Waals surface area contributed by atoms with E-state index in [9.17, 15) is 9.59 Å². The molecule has 4 fully saturated rings. The minimum atomic E-state index is -1.67. The maximum atomic E-state index is 15.1. The summed E-state index contributed by atoms with van der Waals surface area (Å²) < 4.78 is 20.9. The number of amides is 4. The summed E-state index contributed by atoms with van der Waals surface area (Å²) in [5, 5.41) is 6.69. The summed E-state index contributed by atoms with van der Waals surface area (Å²) in [6, 6.07) is 8.97. The number of alkyl halides is 2. The second kappa shape index (κ2) is 18.6. The van der Waals surface area contributed by atoms with E-state index in [1.165, 1.54) is 16.3 Å². The molecule has 4 aliphatic heterocycles. The zero-order valence-corrected chi connectivity index (χ0v) is 43.0. The van der Waals surface area contributed by atoms with Crippen molar-refractivity contribution in [3.63, 3.8) is 0 Å². The van der Waals surface area contributed by atoms with Crippen LogP contribution in [0.1, 0.15) is 82.2 Å². The number of halogens is 1. The van der Waals surface area contributed by atoms with Crippen molar-refractivity contribution in [2.45, 2.75) is 113 Å². The molecule has 18 heteroatoms. The van der Waals surface area contributed by atoms with Gasteiger partial charge in [-0.3, -0.25) is 4.98 Å². The summed E-state index contributed by atoms with van der Waals surface area (Å²) in [6.07, 6.45) is 5.75. The number of likely N-dealkylation sites (N-methyl/N-ethyl adjacent to an activating group) is 1. The Balaban J connectivity index is 1.12. The van der Waals surface area contributed by atoms with Crippen LogP contribution < -0.4 is 31.9 Å². The second-order valence-corrected chi connectivity index (χ2v) is 24.7. The van der Waals surface area contributed by atoms with Gasteiger partial charge in [-0.25, -0.2) is 0 Å². The first-order chi connectivity index (χ1) is 31.6. The number of nitrogens with one attached hydrogen (secondary N) is 2. The molecule has 3 radical (unpaired) electrons. The molecule has 3 aromatic heterocycles. The smallest absolute Gasteiger partial charge is 0.0563 e. The number of urea groups is 1. The number of fused-ring (bicyclic) bond motifs is 6. The van der Waals surface area contributed by atoms with Crippen molar-refractivity contribution in [3.8, 4) is 22.5 Å². The number of rotatable bonds is 11. The molecule has 66 heavy (non-hydrogen) atoms. The fourth-order valence-corrected chi connectivity index (χ4v) is 13.9. The van der Waals surface area contributed by atoms with Gasteiger partial charge in [-0.1, -0.05) is 13.8 Å². The predicted octanol–water partition coefficient (Wildman–Crippen LogP) is 2.19. The third kappa shape index (κ3) is 9.11. The summed E-state index contributed by atoms with van der Waals surface area (Å²) in [7, 11) is 9.21. The molecule has 1 aromatic carbocycles. The van der Waals surface area contributed by atoms with Crippen LogP contribution in [0.15, 0.2) is 41.9 Å². The Morgan fingerprint density at radius 1 is 1.15 bits per heavy atom. The molecule has 353 valence electrons. The van der Waals surface area contributed by atoms with E-state index in [1.807, 2.05) is 30.3 Å². The maximum absolute atomic E-state index is 15.1. The topological polar surface area (TPSA) is 157 Å². The van der Waals surface area contributed by atoms with Crippen LogP contribution in [0.3, 0.4) is 0 Å². The molecule has 1 aliphatic carbocycles. The zero-order valence-electron chi connectivity index (χ0n) is 39.0. The Hall–Kier alpha value is -3.79. The SMILES string of the molecule is CCn1c(-c2cccnc2[C@H](C)OC)c2c3cc(ccc31)-c1csc(n1)C[C@]([Si])(NC(=O)[C@H](CC1CC1)[N+](C)(C(=O)N1CC(OC)C1)C1C[I-]1)C(=O)N1CCC[C@H](N1)C(=O)OCC(C)(C)C2. The molecular weight excluding hydrogens is 988 g/mol. The van der Waals surface area contributed by atoms with E-state index in [-0.39, 0.29) is 66.9 Å². The Kier molecular flexibility index (Phi) is 13.3. The number of aryl methyl sites for hydroxylation is 1. The van der Waals surface area contributed by atoms with Crippen LogP contribution in [-0.2, 0) is 48.0 Å². The van der Waals surface area contributed by atoms with E-state index in [1.54, 1.807) is 20.4 Å². The Labute approximate surface area is 404 Å². The van der Waals surface area contributed by atoms with Gasteiger partial charge >= 0.3 is 269 Å². The number of nitrogens with zero attached hydrogens (tertiary/aromatic N) is 6. The van der Waals surface area contributed by atoms with Gasteiger partial charge in [0.15, 0.2) is 0 Å². The number of carbonyl (C=O) groups is 4. The average Bonchev–Trinajstić information content (AvgIpc) is 4.25. The van der Waals surface area contributed by atoms with Crippen molar-refractivity contribution in [2.24, 2.45) is 11.3 Å². The molecule has 0 spiro atoms. The van der Waals surface area contributed by atoms with Crippen LogP contribution in [0, 0.1) is 11.3 Å². The number of carbonyl (C=O) groups excluding carboxylic acids is 4. The summed E-state index contributed by atoms with van der Waals surface area (Å²) >= 11 is 1.18. The fourth-order valence-electron chi connectivity index (χ4n) is 9.96. The summed E-state index contributed by atoms with van der Waals surface area (Å²) in [5.41, 5.74) is 9.42. The zero-order chi connectivity index (χ0) is 46.7. The number of quaternary nitrogens is 1. The first-order valence-electron chi connectivity index (χ1n) is 23.2. The molecule has 4 aromatic rings. The van der Waals surface area contributed by atoms with Crippen molar-refractivity contribution in [2.75, 3.05) is 51.9 Å². The van der Waals surface area contributed by atoms with Gasteiger partial charge in [0.05, 0.1) is 24.1 Å². The number of ether oxygens (including phenoxy) is 3. The van der Waals surface area contributed by atoms with Crippen molar-refractivity contribution < 1.29 is 59.1 Å². The summed E-state index contributed by atoms with van der Waals surface area (Å²) in [4.78, 5) is 70.6. The molecule has 15 nitrogen and oxygen atoms in total. The van der Waals surface area contributed by atoms with Crippen LogP contribution in [0.5, 0.6) is 0 Å². The number of benzene rings is 1. The standard InChI is InChI=1S/C48H62IN8O7SSi/c1-8-55-37-16-15-30-20-33(37)34(42(55)32-11-9-17-50-41(32)28(2)62-6)21-47(3,4)27-64-44(59)35-12-10-18-56(53-35)45(60)48(66,22-40-51-36(30)26-65-40)52-43(58)38(19-29-13-14-29)57(5,39-23-49-39)46(61)54-24-31(25-54)63-7/h9,11,15-17,20,26,28-29,31,35,38-39,53H,8,10,12-14,18-19,21-25,27H2,1-7H3,(H,52,58)/t28-,35-,38-,39?,48+,57?/m0/s1. The Morgan fingerprint density at radius 3 is 2.62 bits per heavy atom. The number of cyclic esters (lactones) is 1. The van der Waals surface area contributed by atoms with Crippen LogP contribution in [0.25, 0.3) is 33.4 Å². The van der Waals surface area contributed by atoms with E-state index < -0.39 is 34.5 Å². The monoisotopic (exact) mass is 1050 g/mol. The number of aromatic nitrogens is 3. The molecule has 4 amide bonds.